The molecule has 3 aromatic rings. The van der Waals surface area contributed by atoms with E-state index in [1.807, 2.05) is 34.9 Å². The highest BCUT2D eigenvalue weighted by Gasteiger charge is 2.31. The Labute approximate surface area is 156 Å². The van der Waals surface area contributed by atoms with E-state index in [0.29, 0.717) is 17.3 Å². The number of fused-ring (bicyclic) bond motifs is 3. The maximum absolute atomic E-state index is 14.8. The summed E-state index contributed by atoms with van der Waals surface area (Å²) in [7, 11) is 0. The van der Waals surface area contributed by atoms with Gasteiger partial charge in [0.15, 0.2) is 0 Å². The molecule has 2 aromatic carbocycles. The van der Waals surface area contributed by atoms with Gasteiger partial charge in [0.05, 0.1) is 5.52 Å². The van der Waals surface area contributed by atoms with Crippen molar-refractivity contribution in [2.45, 2.75) is 37.1 Å². The molecule has 0 fully saturated rings. The van der Waals surface area contributed by atoms with Crippen LogP contribution in [0.3, 0.4) is 0 Å². The largest absolute Gasteiger partial charge is 0.396 e. The monoisotopic (exact) mass is 375 g/mol. The lowest BCUT2D eigenvalue weighted by atomic mass is 9.85. The number of benzene rings is 2. The third-order valence-electron chi connectivity index (χ3n) is 5.31. The minimum absolute atomic E-state index is 0.0563. The summed E-state index contributed by atoms with van der Waals surface area (Å²) in [6.07, 6.45) is 3.20. The summed E-state index contributed by atoms with van der Waals surface area (Å²) in [6.45, 7) is 0.0563. The Morgan fingerprint density at radius 2 is 1.96 bits per heavy atom. The van der Waals surface area contributed by atoms with E-state index in [9.17, 15) is 13.9 Å². The highest BCUT2D eigenvalue weighted by Crippen LogP contribution is 2.44. The van der Waals surface area contributed by atoms with Gasteiger partial charge in [-0.1, -0.05) is 41.9 Å². The van der Waals surface area contributed by atoms with Crippen molar-refractivity contribution in [2.24, 2.45) is 0 Å². The topological polar surface area (TPSA) is 25.2 Å². The van der Waals surface area contributed by atoms with Crippen molar-refractivity contribution < 1.29 is 13.9 Å². The van der Waals surface area contributed by atoms with Crippen molar-refractivity contribution in [3.63, 3.8) is 0 Å². The van der Waals surface area contributed by atoms with Gasteiger partial charge in [0.2, 0.25) is 0 Å². The molecule has 2 unspecified atom stereocenters. The molecule has 0 bridgehead atoms. The van der Waals surface area contributed by atoms with Crippen LogP contribution in [0.2, 0.25) is 0 Å². The minimum atomic E-state index is -0.598. The van der Waals surface area contributed by atoms with Crippen molar-refractivity contribution in [2.75, 3.05) is 6.61 Å². The van der Waals surface area contributed by atoms with Crippen molar-refractivity contribution in [1.82, 2.24) is 4.57 Å². The molecule has 2 nitrogen and oxygen atoms in total. The highest BCUT2D eigenvalue weighted by molar-refractivity contribution is 6.21. The normalized spacial score (nSPS) is 18.1. The first-order valence-corrected chi connectivity index (χ1v) is 9.37. The molecule has 1 aliphatic carbocycles. The predicted octanol–water partition coefficient (Wildman–Crippen LogP) is 5.51. The Balaban J connectivity index is 2.02. The van der Waals surface area contributed by atoms with Crippen LogP contribution < -0.4 is 0 Å². The second-order valence-electron chi connectivity index (χ2n) is 6.87. The van der Waals surface area contributed by atoms with Gasteiger partial charge in [0, 0.05) is 29.7 Å². The van der Waals surface area contributed by atoms with E-state index in [1.165, 1.54) is 6.07 Å². The van der Waals surface area contributed by atoms with Gasteiger partial charge in [-0.15, -0.1) is 0 Å². The zero-order valence-electron chi connectivity index (χ0n) is 14.3. The number of aliphatic hydroxyl groups is 1. The fraction of sp³-hybridized carbons (Fsp3) is 0.333. The first-order chi connectivity index (χ1) is 12.6. The lowest BCUT2D eigenvalue weighted by Crippen LogP contribution is -2.17. The Kier molecular flexibility index (Phi) is 4.72. The van der Waals surface area contributed by atoms with E-state index in [4.69, 9.17) is 11.6 Å². The summed E-state index contributed by atoms with van der Waals surface area (Å²) in [5.41, 5.74) is 2.51. The van der Waals surface area contributed by atoms with Gasteiger partial charge in [-0.25, -0.2) is 8.78 Å². The molecule has 0 amide bonds. The van der Waals surface area contributed by atoms with Crippen LogP contribution in [0.25, 0.3) is 10.9 Å². The summed E-state index contributed by atoms with van der Waals surface area (Å²) in [5.74, 6) is -1.09. The molecule has 0 saturated heterocycles. The molecule has 1 aromatic heterocycles. The van der Waals surface area contributed by atoms with Crippen LogP contribution >= 0.6 is 11.6 Å². The maximum Gasteiger partial charge on any atom is 0.150 e. The fourth-order valence-electron chi connectivity index (χ4n) is 4.25. The zero-order chi connectivity index (χ0) is 18.3. The Morgan fingerprint density at radius 3 is 2.69 bits per heavy atom. The molecular weight excluding hydrogens is 356 g/mol. The fourth-order valence-corrected chi connectivity index (χ4v) is 4.59. The van der Waals surface area contributed by atoms with Crippen LogP contribution in [0.5, 0.6) is 0 Å². The Bertz CT molecular complexity index is 938. The minimum Gasteiger partial charge on any atom is -0.396 e. The van der Waals surface area contributed by atoms with Crippen LogP contribution in [0.15, 0.2) is 42.5 Å². The number of alkyl halides is 1. The zero-order valence-corrected chi connectivity index (χ0v) is 15.0. The first-order valence-electron chi connectivity index (χ1n) is 8.93. The average molecular weight is 376 g/mol. The van der Waals surface area contributed by atoms with E-state index < -0.39 is 17.1 Å². The summed E-state index contributed by atoms with van der Waals surface area (Å²) >= 11 is 6.81. The quantitative estimate of drug-likeness (QED) is 0.598. The lowest BCUT2D eigenvalue weighted by Gasteiger charge is -2.27. The molecule has 2 atom stereocenters. The molecule has 0 radical (unpaired) electrons. The van der Waals surface area contributed by atoms with E-state index in [-0.39, 0.29) is 12.5 Å². The van der Waals surface area contributed by atoms with E-state index in [0.717, 1.165) is 42.1 Å². The number of nitrogens with zero attached hydrogens (tertiary/aromatic N) is 1. The molecule has 0 saturated carbocycles. The molecule has 136 valence electrons. The number of halogens is 3. The average Bonchev–Trinajstić information content (AvgIpc) is 2.98. The van der Waals surface area contributed by atoms with Gasteiger partial charge in [-0.2, -0.15) is 0 Å². The molecule has 5 heteroatoms. The van der Waals surface area contributed by atoms with Gasteiger partial charge in [0.1, 0.15) is 17.1 Å². The predicted molar refractivity (Wildman–Crippen MR) is 99.7 cm³/mol. The number of aromatic nitrogens is 1. The van der Waals surface area contributed by atoms with Gasteiger partial charge in [0.25, 0.3) is 0 Å². The lowest BCUT2D eigenvalue weighted by molar-refractivity contribution is 0.267. The number of aryl methyl sites for hydroxylation is 1. The van der Waals surface area contributed by atoms with Crippen molar-refractivity contribution in [3.8, 4) is 0 Å². The molecule has 0 aliphatic heterocycles. The molecule has 4 rings (SSSR count). The third-order valence-corrected chi connectivity index (χ3v) is 5.76. The maximum atomic E-state index is 14.8. The number of hydrogen-bond acceptors (Lipinski definition) is 1. The highest BCUT2D eigenvalue weighted by atomic mass is 35.5. The first kappa shape index (κ1) is 17.5. The number of rotatable bonds is 4. The van der Waals surface area contributed by atoms with Crippen molar-refractivity contribution >= 4 is 22.5 Å². The standard InChI is InChI=1S/C21H20ClF2NO/c22-21(14-5-2-1-3-6-14)25-19-13(9-10-26)7-4-8-16(19)17-11-15(23)12-18(24)20(17)25/h1-3,5-6,11-13,21,26H,4,7-10H2. The second kappa shape index (κ2) is 7.01. The number of aliphatic hydroxyl groups excluding tert-OH is 1. The third kappa shape index (κ3) is 2.81. The van der Waals surface area contributed by atoms with E-state index in [2.05, 4.69) is 0 Å². The molecule has 1 aliphatic rings. The van der Waals surface area contributed by atoms with Crippen LogP contribution in [0.4, 0.5) is 8.78 Å². The second-order valence-corrected chi connectivity index (χ2v) is 7.28. The summed E-state index contributed by atoms with van der Waals surface area (Å²) in [6, 6.07) is 11.8. The van der Waals surface area contributed by atoms with Crippen molar-refractivity contribution in [3.05, 3.63) is 70.9 Å². The van der Waals surface area contributed by atoms with E-state index in [1.54, 1.807) is 0 Å². The molecular formula is C21H20ClF2NO. The summed E-state index contributed by atoms with van der Waals surface area (Å²) in [4.78, 5) is 0. The van der Waals surface area contributed by atoms with Crippen LogP contribution in [-0.4, -0.2) is 16.3 Å². The smallest absolute Gasteiger partial charge is 0.150 e. The summed E-state index contributed by atoms with van der Waals surface area (Å²) < 4.78 is 30.6. The number of hydrogen-bond donors (Lipinski definition) is 1. The summed E-state index contributed by atoms with van der Waals surface area (Å²) in [5, 5.41) is 10.1. The van der Waals surface area contributed by atoms with Crippen LogP contribution in [0.1, 0.15) is 47.5 Å². The van der Waals surface area contributed by atoms with Crippen LogP contribution in [-0.2, 0) is 6.42 Å². The van der Waals surface area contributed by atoms with Gasteiger partial charge >= 0.3 is 0 Å². The molecule has 26 heavy (non-hydrogen) atoms. The van der Waals surface area contributed by atoms with Gasteiger partial charge < -0.3 is 9.67 Å². The van der Waals surface area contributed by atoms with Gasteiger partial charge in [-0.05, 0) is 42.9 Å². The van der Waals surface area contributed by atoms with Crippen molar-refractivity contribution in [1.29, 1.82) is 0 Å². The molecule has 0 spiro atoms. The Morgan fingerprint density at radius 1 is 1.19 bits per heavy atom. The molecule has 1 heterocycles. The molecule has 1 N–H and O–H groups in total. The Hall–Kier alpha value is -1.91. The SMILES string of the molecule is OCCC1CCCc2c1n(C(Cl)c1ccccc1)c1c(F)cc(F)cc21. The van der Waals surface area contributed by atoms with E-state index >= 15 is 0 Å². The van der Waals surface area contributed by atoms with Crippen LogP contribution in [0, 0.1) is 11.6 Å². The van der Waals surface area contributed by atoms with Gasteiger partial charge in [-0.3, -0.25) is 0 Å².